The van der Waals surface area contributed by atoms with Crippen molar-refractivity contribution in [2.75, 3.05) is 17.2 Å². The van der Waals surface area contributed by atoms with Crippen molar-refractivity contribution in [2.45, 2.75) is 13.3 Å². The molecule has 2 aromatic rings. The molecule has 0 saturated carbocycles. The van der Waals surface area contributed by atoms with Crippen molar-refractivity contribution in [1.82, 2.24) is 9.78 Å². The molecule has 0 saturated heterocycles. The van der Waals surface area contributed by atoms with Gasteiger partial charge >= 0.3 is 0 Å². The fourth-order valence-electron chi connectivity index (χ4n) is 2.40. The molecule has 2 N–H and O–H groups in total. The van der Waals surface area contributed by atoms with E-state index in [0.29, 0.717) is 5.56 Å². The van der Waals surface area contributed by atoms with Crippen molar-refractivity contribution in [3.8, 4) is 0 Å². The van der Waals surface area contributed by atoms with Crippen molar-refractivity contribution in [1.29, 1.82) is 0 Å². The molecular formula is C14H16N4O. The summed E-state index contributed by atoms with van der Waals surface area (Å²) < 4.78 is 1.65. The Balaban J connectivity index is 1.81. The zero-order valence-corrected chi connectivity index (χ0v) is 11.0. The zero-order valence-electron chi connectivity index (χ0n) is 11.0. The van der Waals surface area contributed by atoms with Gasteiger partial charge in [-0.05, 0) is 37.1 Å². The van der Waals surface area contributed by atoms with Crippen molar-refractivity contribution < 1.29 is 4.79 Å². The second-order valence-corrected chi connectivity index (χ2v) is 4.80. The highest BCUT2D eigenvalue weighted by molar-refractivity contribution is 6.05. The van der Waals surface area contributed by atoms with Crippen LogP contribution in [0.4, 0.5) is 11.4 Å². The number of aryl methyl sites for hydroxylation is 2. The van der Waals surface area contributed by atoms with Crippen molar-refractivity contribution >= 4 is 17.3 Å². The molecule has 0 bridgehead atoms. The minimum absolute atomic E-state index is 0.114. The number of aromatic nitrogens is 2. The van der Waals surface area contributed by atoms with Gasteiger partial charge in [-0.15, -0.1) is 0 Å². The first-order chi connectivity index (χ1) is 9.13. The topological polar surface area (TPSA) is 59.0 Å². The Morgan fingerprint density at radius 3 is 3.05 bits per heavy atom. The summed E-state index contributed by atoms with van der Waals surface area (Å²) in [5.74, 6) is -0.114. The Labute approximate surface area is 111 Å². The lowest BCUT2D eigenvalue weighted by Crippen LogP contribution is -2.12. The lowest BCUT2D eigenvalue weighted by atomic mass is 10.1. The molecule has 3 rings (SSSR count). The Hall–Kier alpha value is -2.30. The lowest BCUT2D eigenvalue weighted by Gasteiger charge is -2.06. The van der Waals surface area contributed by atoms with E-state index >= 15 is 0 Å². The molecule has 1 aliphatic heterocycles. The highest BCUT2D eigenvalue weighted by Gasteiger charge is 2.14. The number of hydrogen-bond donors (Lipinski definition) is 2. The van der Waals surface area contributed by atoms with Gasteiger partial charge in [0.2, 0.25) is 0 Å². The highest BCUT2D eigenvalue weighted by atomic mass is 16.1. The maximum absolute atomic E-state index is 12.2. The molecule has 0 fully saturated rings. The first-order valence-electron chi connectivity index (χ1n) is 6.32. The molecule has 1 amide bonds. The largest absolute Gasteiger partial charge is 0.384 e. The normalized spacial score (nSPS) is 12.9. The molecule has 1 aromatic carbocycles. The second-order valence-electron chi connectivity index (χ2n) is 4.80. The van der Waals surface area contributed by atoms with Crippen LogP contribution < -0.4 is 10.6 Å². The minimum Gasteiger partial charge on any atom is -0.384 e. The summed E-state index contributed by atoms with van der Waals surface area (Å²) >= 11 is 0. The molecule has 5 heteroatoms. The molecule has 0 aliphatic carbocycles. The number of anilines is 2. The van der Waals surface area contributed by atoms with Gasteiger partial charge in [0.15, 0.2) is 0 Å². The van der Waals surface area contributed by atoms with E-state index in [-0.39, 0.29) is 5.91 Å². The lowest BCUT2D eigenvalue weighted by molar-refractivity contribution is 0.102. The molecule has 19 heavy (non-hydrogen) atoms. The third-order valence-corrected chi connectivity index (χ3v) is 3.33. The van der Waals surface area contributed by atoms with Crippen LogP contribution >= 0.6 is 0 Å². The van der Waals surface area contributed by atoms with Gasteiger partial charge in [0, 0.05) is 31.2 Å². The highest BCUT2D eigenvalue weighted by Crippen LogP contribution is 2.25. The minimum atomic E-state index is -0.114. The van der Waals surface area contributed by atoms with E-state index in [4.69, 9.17) is 0 Å². The van der Waals surface area contributed by atoms with Crippen LogP contribution in [0.1, 0.15) is 21.6 Å². The average Bonchev–Trinajstić information content (AvgIpc) is 2.94. The number of nitrogens with one attached hydrogen (secondary N) is 2. The summed E-state index contributed by atoms with van der Waals surface area (Å²) in [7, 11) is 1.81. The predicted octanol–water partition coefficient (Wildman–Crippen LogP) is 1.95. The van der Waals surface area contributed by atoms with Crippen molar-refractivity contribution in [2.24, 2.45) is 7.05 Å². The van der Waals surface area contributed by atoms with Crippen LogP contribution in [-0.4, -0.2) is 22.2 Å². The summed E-state index contributed by atoms with van der Waals surface area (Å²) in [5, 5.41) is 10.4. The molecule has 0 spiro atoms. The first-order valence-corrected chi connectivity index (χ1v) is 6.32. The number of fused-ring (bicyclic) bond motifs is 1. The Morgan fingerprint density at radius 2 is 2.32 bits per heavy atom. The molecule has 0 atom stereocenters. The number of amides is 1. The number of hydrogen-bond acceptors (Lipinski definition) is 3. The molecule has 1 aromatic heterocycles. The van der Waals surface area contributed by atoms with E-state index in [9.17, 15) is 4.79 Å². The molecular weight excluding hydrogens is 240 g/mol. The van der Waals surface area contributed by atoms with Gasteiger partial charge < -0.3 is 10.6 Å². The van der Waals surface area contributed by atoms with Crippen LogP contribution in [0.2, 0.25) is 0 Å². The van der Waals surface area contributed by atoms with Crippen LogP contribution in [-0.2, 0) is 13.5 Å². The standard InChI is InChI=1S/C14H16N4O/c1-9-12(8-18(2)17-9)14(19)16-11-3-4-13-10(7-11)5-6-15-13/h3-4,7-8,15H,5-6H2,1-2H3,(H,16,19). The number of benzene rings is 1. The van der Waals surface area contributed by atoms with E-state index in [2.05, 4.69) is 15.7 Å². The monoisotopic (exact) mass is 256 g/mol. The van der Waals surface area contributed by atoms with Gasteiger partial charge in [-0.3, -0.25) is 9.48 Å². The van der Waals surface area contributed by atoms with Gasteiger partial charge in [0.05, 0.1) is 11.3 Å². The number of carbonyl (C=O) groups excluding carboxylic acids is 1. The molecule has 0 radical (unpaired) electrons. The van der Waals surface area contributed by atoms with Gasteiger partial charge in [0.1, 0.15) is 0 Å². The molecule has 5 nitrogen and oxygen atoms in total. The smallest absolute Gasteiger partial charge is 0.259 e. The maximum Gasteiger partial charge on any atom is 0.259 e. The Morgan fingerprint density at radius 1 is 1.47 bits per heavy atom. The summed E-state index contributed by atoms with van der Waals surface area (Å²) in [6.45, 7) is 2.80. The average molecular weight is 256 g/mol. The first kappa shape index (κ1) is 11.8. The zero-order chi connectivity index (χ0) is 13.4. The Kier molecular flexibility index (Phi) is 2.74. The van der Waals surface area contributed by atoms with Crippen molar-refractivity contribution in [3.05, 3.63) is 41.2 Å². The fourth-order valence-corrected chi connectivity index (χ4v) is 2.40. The van der Waals surface area contributed by atoms with Gasteiger partial charge in [-0.2, -0.15) is 5.10 Å². The summed E-state index contributed by atoms with van der Waals surface area (Å²) in [6, 6.07) is 5.95. The number of carbonyl (C=O) groups is 1. The number of nitrogens with zero attached hydrogens (tertiary/aromatic N) is 2. The molecule has 0 unspecified atom stereocenters. The van der Waals surface area contributed by atoms with E-state index in [1.807, 2.05) is 32.2 Å². The third kappa shape index (κ3) is 2.19. The van der Waals surface area contributed by atoms with Crippen LogP contribution in [0, 0.1) is 6.92 Å². The summed E-state index contributed by atoms with van der Waals surface area (Å²) in [4.78, 5) is 12.2. The molecule has 98 valence electrons. The van der Waals surface area contributed by atoms with Crippen molar-refractivity contribution in [3.63, 3.8) is 0 Å². The summed E-state index contributed by atoms with van der Waals surface area (Å²) in [5.41, 5.74) is 4.59. The quantitative estimate of drug-likeness (QED) is 0.863. The SMILES string of the molecule is Cc1nn(C)cc1C(=O)Nc1ccc2c(c1)CCN2. The van der Waals surface area contributed by atoms with Crippen LogP contribution in [0.3, 0.4) is 0 Å². The van der Waals surface area contributed by atoms with E-state index < -0.39 is 0 Å². The van der Waals surface area contributed by atoms with E-state index in [1.165, 1.54) is 5.56 Å². The second kappa shape index (κ2) is 4.42. The van der Waals surface area contributed by atoms with E-state index in [0.717, 1.165) is 30.0 Å². The van der Waals surface area contributed by atoms with E-state index in [1.54, 1.807) is 10.9 Å². The summed E-state index contributed by atoms with van der Waals surface area (Å²) in [6.07, 6.45) is 2.74. The van der Waals surface area contributed by atoms with Gasteiger partial charge in [-0.25, -0.2) is 0 Å². The van der Waals surface area contributed by atoms with Gasteiger partial charge in [0.25, 0.3) is 5.91 Å². The Bertz CT molecular complexity index is 645. The van der Waals surface area contributed by atoms with Crippen LogP contribution in [0.25, 0.3) is 0 Å². The predicted molar refractivity (Wildman–Crippen MR) is 74.5 cm³/mol. The number of rotatable bonds is 2. The third-order valence-electron chi connectivity index (χ3n) is 3.33. The van der Waals surface area contributed by atoms with Gasteiger partial charge in [-0.1, -0.05) is 0 Å². The molecule has 2 heterocycles. The maximum atomic E-state index is 12.2. The van der Waals surface area contributed by atoms with Crippen LogP contribution in [0.15, 0.2) is 24.4 Å². The fraction of sp³-hybridized carbons (Fsp3) is 0.286. The van der Waals surface area contributed by atoms with Crippen LogP contribution in [0.5, 0.6) is 0 Å². The molecule has 1 aliphatic rings.